The summed E-state index contributed by atoms with van der Waals surface area (Å²) in [5.41, 5.74) is 0. The second kappa shape index (κ2) is 4.94. The fourth-order valence-corrected chi connectivity index (χ4v) is 4.08. The predicted octanol–water partition coefficient (Wildman–Crippen LogP) is 1.27. The van der Waals surface area contributed by atoms with E-state index in [2.05, 4.69) is 20.5 Å². The second-order valence-corrected chi connectivity index (χ2v) is 8.31. The Hall–Kier alpha value is -1.00. The monoisotopic (exact) mass is 305 g/mol. The van der Waals surface area contributed by atoms with Gasteiger partial charge in [-0.25, -0.2) is 18.1 Å². The third-order valence-electron chi connectivity index (χ3n) is 1.96. The lowest BCUT2D eigenvalue weighted by Gasteiger charge is -2.05. The quantitative estimate of drug-likeness (QED) is 0.840. The SMILES string of the molecule is CC(C)n1nnnc1Sc1ncc(S(C)(=O)=O)s1. The van der Waals surface area contributed by atoms with Crippen molar-refractivity contribution in [2.24, 2.45) is 0 Å². The van der Waals surface area contributed by atoms with Crippen LogP contribution in [0.15, 0.2) is 19.9 Å². The van der Waals surface area contributed by atoms with Crippen LogP contribution < -0.4 is 0 Å². The van der Waals surface area contributed by atoms with Crippen LogP contribution in [0.25, 0.3) is 0 Å². The van der Waals surface area contributed by atoms with E-state index >= 15 is 0 Å². The van der Waals surface area contributed by atoms with Gasteiger partial charge in [0.2, 0.25) is 5.16 Å². The number of aromatic nitrogens is 5. The van der Waals surface area contributed by atoms with Gasteiger partial charge in [0.1, 0.15) is 4.21 Å². The minimum atomic E-state index is -3.20. The van der Waals surface area contributed by atoms with E-state index in [9.17, 15) is 8.42 Å². The molecule has 0 bridgehead atoms. The molecule has 0 saturated carbocycles. The number of sulfone groups is 1. The zero-order valence-electron chi connectivity index (χ0n) is 9.93. The van der Waals surface area contributed by atoms with Crippen molar-refractivity contribution in [2.75, 3.05) is 6.26 Å². The molecule has 0 aliphatic heterocycles. The number of tetrazole rings is 1. The Balaban J connectivity index is 2.24. The number of rotatable bonds is 4. The van der Waals surface area contributed by atoms with E-state index < -0.39 is 9.84 Å². The third-order valence-corrected chi connectivity index (χ3v) is 5.77. The molecular formula is C8H11N5O2S3. The van der Waals surface area contributed by atoms with Crippen molar-refractivity contribution >= 4 is 32.9 Å². The van der Waals surface area contributed by atoms with E-state index in [4.69, 9.17) is 0 Å². The van der Waals surface area contributed by atoms with Crippen LogP contribution in [-0.4, -0.2) is 39.9 Å². The fourth-order valence-electron chi connectivity index (χ4n) is 1.12. The highest BCUT2D eigenvalue weighted by Gasteiger charge is 2.16. The number of hydrogen-bond donors (Lipinski definition) is 0. The van der Waals surface area contributed by atoms with Crippen LogP contribution in [0.3, 0.4) is 0 Å². The molecule has 2 aromatic heterocycles. The second-order valence-electron chi connectivity index (χ2n) is 3.82. The van der Waals surface area contributed by atoms with E-state index in [-0.39, 0.29) is 10.3 Å². The predicted molar refractivity (Wildman–Crippen MR) is 67.5 cm³/mol. The molecule has 0 unspecified atom stereocenters. The summed E-state index contributed by atoms with van der Waals surface area (Å²) in [4.78, 5) is 4.05. The first-order chi connectivity index (χ1) is 8.38. The van der Waals surface area contributed by atoms with Gasteiger partial charge in [-0.3, -0.25) is 0 Å². The topological polar surface area (TPSA) is 90.6 Å². The normalized spacial score (nSPS) is 12.2. The molecule has 0 N–H and O–H groups in total. The minimum absolute atomic E-state index is 0.136. The Morgan fingerprint density at radius 1 is 1.44 bits per heavy atom. The van der Waals surface area contributed by atoms with Gasteiger partial charge in [-0.05, 0) is 36.0 Å². The molecular weight excluding hydrogens is 294 g/mol. The van der Waals surface area contributed by atoms with Crippen LogP contribution in [0.1, 0.15) is 19.9 Å². The highest BCUT2D eigenvalue weighted by atomic mass is 32.2. The lowest BCUT2D eigenvalue weighted by atomic mass is 10.4. The van der Waals surface area contributed by atoms with Gasteiger partial charge in [-0.2, -0.15) is 0 Å². The maximum Gasteiger partial charge on any atom is 0.216 e. The molecule has 10 heteroatoms. The molecule has 7 nitrogen and oxygen atoms in total. The highest BCUT2D eigenvalue weighted by Crippen LogP contribution is 2.32. The van der Waals surface area contributed by atoms with Crippen LogP contribution in [0, 0.1) is 0 Å². The van der Waals surface area contributed by atoms with Gasteiger partial charge >= 0.3 is 0 Å². The van der Waals surface area contributed by atoms with Crippen LogP contribution in [-0.2, 0) is 9.84 Å². The van der Waals surface area contributed by atoms with Crippen LogP contribution in [0.4, 0.5) is 0 Å². The molecule has 98 valence electrons. The molecule has 0 atom stereocenters. The van der Waals surface area contributed by atoms with Crippen molar-refractivity contribution in [3.63, 3.8) is 0 Å². The Morgan fingerprint density at radius 2 is 2.17 bits per heavy atom. The summed E-state index contributed by atoms with van der Waals surface area (Å²) in [6.07, 6.45) is 2.51. The summed E-state index contributed by atoms with van der Waals surface area (Å²) >= 11 is 2.37. The standard InChI is InChI=1S/C8H11N5O2S3/c1-5(2)13-7(10-11-12-13)17-8-9-4-6(16-8)18(3,14)15/h4-5H,1-3H3. The van der Waals surface area contributed by atoms with E-state index in [1.165, 1.54) is 18.0 Å². The maximum atomic E-state index is 11.3. The van der Waals surface area contributed by atoms with Crippen LogP contribution in [0.2, 0.25) is 0 Å². The van der Waals surface area contributed by atoms with Gasteiger partial charge in [-0.15, -0.1) is 5.10 Å². The zero-order valence-corrected chi connectivity index (χ0v) is 12.4. The molecule has 2 heterocycles. The Kier molecular flexibility index (Phi) is 3.69. The van der Waals surface area contributed by atoms with Crippen molar-refractivity contribution in [3.05, 3.63) is 6.20 Å². The minimum Gasteiger partial charge on any atom is -0.236 e. The summed E-state index contributed by atoms with van der Waals surface area (Å²) in [7, 11) is -3.20. The van der Waals surface area contributed by atoms with E-state index in [0.29, 0.717) is 9.50 Å². The van der Waals surface area contributed by atoms with E-state index in [1.54, 1.807) is 4.68 Å². The smallest absolute Gasteiger partial charge is 0.216 e. The van der Waals surface area contributed by atoms with Crippen LogP contribution in [0.5, 0.6) is 0 Å². The van der Waals surface area contributed by atoms with Gasteiger partial charge in [0.15, 0.2) is 14.2 Å². The molecule has 0 aliphatic carbocycles. The zero-order chi connectivity index (χ0) is 13.3. The van der Waals surface area contributed by atoms with Gasteiger partial charge in [0, 0.05) is 6.26 Å². The van der Waals surface area contributed by atoms with E-state index in [1.807, 2.05) is 13.8 Å². The third kappa shape index (κ3) is 2.87. The molecule has 0 aliphatic rings. The van der Waals surface area contributed by atoms with Crippen LogP contribution >= 0.6 is 23.1 Å². The van der Waals surface area contributed by atoms with Crippen molar-refractivity contribution in [3.8, 4) is 0 Å². The fraction of sp³-hybridized carbons (Fsp3) is 0.500. The summed E-state index contributed by atoms with van der Waals surface area (Å²) in [5.74, 6) is 0. The first kappa shape index (κ1) is 13.4. The largest absolute Gasteiger partial charge is 0.236 e. The molecule has 0 fully saturated rings. The first-order valence-electron chi connectivity index (χ1n) is 4.99. The van der Waals surface area contributed by atoms with Crippen molar-refractivity contribution in [1.29, 1.82) is 0 Å². The lowest BCUT2D eigenvalue weighted by Crippen LogP contribution is -2.04. The molecule has 0 radical (unpaired) electrons. The summed E-state index contributed by atoms with van der Waals surface area (Å²) < 4.78 is 25.2. The molecule has 0 amide bonds. The molecule has 0 aromatic carbocycles. The number of thiazole rings is 1. The van der Waals surface area contributed by atoms with Gasteiger partial charge in [-0.1, -0.05) is 11.3 Å². The van der Waals surface area contributed by atoms with Gasteiger partial charge < -0.3 is 0 Å². The summed E-state index contributed by atoms with van der Waals surface area (Å²) in [6.45, 7) is 3.93. The van der Waals surface area contributed by atoms with Gasteiger partial charge in [0.25, 0.3) is 0 Å². The molecule has 0 spiro atoms. The summed E-state index contributed by atoms with van der Waals surface area (Å²) in [5, 5.41) is 11.9. The Morgan fingerprint density at radius 3 is 2.72 bits per heavy atom. The summed E-state index contributed by atoms with van der Waals surface area (Å²) in [6, 6.07) is 0.136. The Bertz CT molecular complexity index is 645. The Labute approximate surface area is 113 Å². The molecule has 18 heavy (non-hydrogen) atoms. The average Bonchev–Trinajstić information content (AvgIpc) is 2.85. The van der Waals surface area contributed by atoms with E-state index in [0.717, 1.165) is 17.6 Å². The highest BCUT2D eigenvalue weighted by molar-refractivity contribution is 8.01. The number of nitrogens with zero attached hydrogens (tertiary/aromatic N) is 5. The number of hydrogen-bond acceptors (Lipinski definition) is 8. The molecule has 2 aromatic rings. The molecule has 2 rings (SSSR count). The van der Waals surface area contributed by atoms with Crippen molar-refractivity contribution < 1.29 is 8.42 Å². The van der Waals surface area contributed by atoms with Crippen molar-refractivity contribution in [2.45, 2.75) is 33.6 Å². The van der Waals surface area contributed by atoms with Crippen molar-refractivity contribution in [1.82, 2.24) is 25.2 Å². The lowest BCUT2D eigenvalue weighted by molar-refractivity contribution is 0.477. The maximum absolute atomic E-state index is 11.3. The first-order valence-corrected chi connectivity index (χ1v) is 8.52. The van der Waals surface area contributed by atoms with Gasteiger partial charge in [0.05, 0.1) is 12.2 Å². The molecule has 0 saturated heterocycles. The average molecular weight is 305 g/mol.